The van der Waals surface area contributed by atoms with E-state index in [9.17, 15) is 4.79 Å². The van der Waals surface area contributed by atoms with Gasteiger partial charge in [0.25, 0.3) is 0 Å². The number of ether oxygens (including phenoxy) is 1. The number of piperidine rings is 1. The molecule has 0 saturated carbocycles. The number of methoxy groups -OCH3 is 1. The number of hydrogen-bond acceptors (Lipinski definition) is 3. The fourth-order valence-corrected chi connectivity index (χ4v) is 4.28. The predicted molar refractivity (Wildman–Crippen MR) is 90.1 cm³/mol. The van der Waals surface area contributed by atoms with Crippen LogP contribution in [0.5, 0.6) is 0 Å². The topological polar surface area (TPSA) is 29.5 Å². The first-order chi connectivity index (χ1) is 11.3. The number of likely N-dealkylation sites (tertiary alicyclic amines) is 1. The SMILES string of the molecule is COC(=O)C1(N2CCCCC2)c2ccccc2-c2ccccc21. The van der Waals surface area contributed by atoms with E-state index in [-0.39, 0.29) is 5.97 Å². The number of esters is 1. The lowest BCUT2D eigenvalue weighted by Crippen LogP contribution is -2.54. The molecule has 4 rings (SSSR count). The van der Waals surface area contributed by atoms with Crippen molar-refractivity contribution in [2.45, 2.75) is 24.8 Å². The van der Waals surface area contributed by atoms with Gasteiger partial charge >= 0.3 is 5.97 Å². The Morgan fingerprint density at radius 1 is 0.913 bits per heavy atom. The number of fused-ring (bicyclic) bond motifs is 3. The Kier molecular flexibility index (Phi) is 3.46. The average Bonchev–Trinajstić information content (AvgIpc) is 2.93. The Morgan fingerprint density at radius 3 is 1.96 bits per heavy atom. The average molecular weight is 307 g/mol. The summed E-state index contributed by atoms with van der Waals surface area (Å²) in [5.74, 6) is -0.170. The number of hydrogen-bond donors (Lipinski definition) is 0. The molecule has 1 aliphatic carbocycles. The molecule has 0 unspecified atom stereocenters. The second-order valence-electron chi connectivity index (χ2n) is 6.34. The van der Waals surface area contributed by atoms with Crippen molar-refractivity contribution in [3.63, 3.8) is 0 Å². The van der Waals surface area contributed by atoms with E-state index in [4.69, 9.17) is 4.74 Å². The van der Waals surface area contributed by atoms with E-state index in [0.29, 0.717) is 0 Å². The third-order valence-electron chi connectivity index (χ3n) is 5.24. The molecule has 1 aliphatic heterocycles. The van der Waals surface area contributed by atoms with E-state index in [2.05, 4.69) is 29.2 Å². The van der Waals surface area contributed by atoms with Gasteiger partial charge in [0.1, 0.15) is 0 Å². The monoisotopic (exact) mass is 307 g/mol. The van der Waals surface area contributed by atoms with Gasteiger partial charge < -0.3 is 4.74 Å². The van der Waals surface area contributed by atoms with Crippen LogP contribution in [0.1, 0.15) is 30.4 Å². The molecule has 3 nitrogen and oxygen atoms in total. The van der Waals surface area contributed by atoms with Crippen LogP contribution in [0, 0.1) is 0 Å². The lowest BCUT2D eigenvalue weighted by Gasteiger charge is -2.42. The van der Waals surface area contributed by atoms with Crippen LogP contribution in [-0.2, 0) is 15.1 Å². The second-order valence-corrected chi connectivity index (χ2v) is 6.34. The largest absolute Gasteiger partial charge is 0.467 e. The van der Waals surface area contributed by atoms with Gasteiger partial charge in [-0.25, -0.2) is 4.79 Å². The van der Waals surface area contributed by atoms with Crippen LogP contribution in [-0.4, -0.2) is 31.1 Å². The number of carbonyl (C=O) groups is 1. The van der Waals surface area contributed by atoms with E-state index in [1.807, 2.05) is 24.3 Å². The molecule has 1 fully saturated rings. The number of rotatable bonds is 2. The van der Waals surface area contributed by atoms with E-state index in [0.717, 1.165) is 48.2 Å². The fourth-order valence-electron chi connectivity index (χ4n) is 4.28. The molecule has 2 aromatic rings. The summed E-state index contributed by atoms with van der Waals surface area (Å²) in [5, 5.41) is 0. The maximum absolute atomic E-state index is 13.1. The highest BCUT2D eigenvalue weighted by molar-refractivity contribution is 5.97. The Bertz CT molecular complexity index is 701. The number of carbonyl (C=O) groups excluding carboxylic acids is 1. The standard InChI is InChI=1S/C20H21NO2/c1-23-19(22)20(21-13-7-2-8-14-21)17-11-5-3-9-15(17)16-10-4-6-12-18(16)20/h3-6,9-12H,2,7-8,13-14H2,1H3. The molecule has 2 aromatic carbocycles. The molecule has 1 heterocycles. The summed E-state index contributed by atoms with van der Waals surface area (Å²) in [6, 6.07) is 16.5. The van der Waals surface area contributed by atoms with Gasteiger partial charge in [-0.3, -0.25) is 4.90 Å². The number of benzene rings is 2. The first-order valence-corrected chi connectivity index (χ1v) is 8.33. The molecular formula is C20H21NO2. The molecule has 3 heteroatoms. The second kappa shape index (κ2) is 5.50. The summed E-state index contributed by atoms with van der Waals surface area (Å²) in [6.45, 7) is 1.86. The van der Waals surface area contributed by atoms with E-state index in [1.165, 1.54) is 13.5 Å². The van der Waals surface area contributed by atoms with Crippen LogP contribution in [0.4, 0.5) is 0 Å². The van der Waals surface area contributed by atoms with Crippen LogP contribution >= 0.6 is 0 Å². The molecule has 0 aromatic heterocycles. The zero-order chi connectivity index (χ0) is 15.9. The highest BCUT2D eigenvalue weighted by atomic mass is 16.5. The zero-order valence-electron chi connectivity index (χ0n) is 13.4. The van der Waals surface area contributed by atoms with Gasteiger partial charge in [0.2, 0.25) is 0 Å². The van der Waals surface area contributed by atoms with E-state index in [1.54, 1.807) is 0 Å². The minimum atomic E-state index is -0.789. The highest BCUT2D eigenvalue weighted by Crippen LogP contribution is 2.51. The predicted octanol–water partition coefficient (Wildman–Crippen LogP) is 3.57. The van der Waals surface area contributed by atoms with Gasteiger partial charge in [-0.15, -0.1) is 0 Å². The molecule has 1 saturated heterocycles. The molecule has 0 bridgehead atoms. The van der Waals surface area contributed by atoms with E-state index < -0.39 is 5.54 Å². The molecule has 0 atom stereocenters. The van der Waals surface area contributed by atoms with Crippen molar-refractivity contribution in [2.75, 3.05) is 20.2 Å². The fraction of sp³-hybridized carbons (Fsp3) is 0.350. The van der Waals surface area contributed by atoms with Gasteiger partial charge in [-0.05, 0) is 48.2 Å². The Hall–Kier alpha value is -2.13. The van der Waals surface area contributed by atoms with Crippen molar-refractivity contribution in [1.82, 2.24) is 4.90 Å². The van der Waals surface area contributed by atoms with Crippen LogP contribution in [0.25, 0.3) is 11.1 Å². The maximum atomic E-state index is 13.1. The molecule has 2 aliphatic rings. The van der Waals surface area contributed by atoms with Gasteiger partial charge in [0, 0.05) is 0 Å². The van der Waals surface area contributed by atoms with Crippen molar-refractivity contribution in [3.8, 4) is 11.1 Å². The van der Waals surface area contributed by atoms with Gasteiger partial charge in [-0.1, -0.05) is 55.0 Å². The molecule has 0 radical (unpaired) electrons. The van der Waals surface area contributed by atoms with Gasteiger partial charge in [0.15, 0.2) is 5.54 Å². The lowest BCUT2D eigenvalue weighted by molar-refractivity contribution is -0.153. The molecule has 0 amide bonds. The van der Waals surface area contributed by atoms with Crippen molar-refractivity contribution >= 4 is 5.97 Å². The minimum Gasteiger partial charge on any atom is -0.467 e. The molecule has 23 heavy (non-hydrogen) atoms. The van der Waals surface area contributed by atoms with Crippen LogP contribution < -0.4 is 0 Å². The number of nitrogens with zero attached hydrogens (tertiary/aromatic N) is 1. The van der Waals surface area contributed by atoms with Crippen molar-refractivity contribution < 1.29 is 9.53 Å². The Labute approximate surface area is 136 Å². The first kappa shape index (κ1) is 14.5. The van der Waals surface area contributed by atoms with Gasteiger partial charge in [0.05, 0.1) is 7.11 Å². The maximum Gasteiger partial charge on any atom is 0.335 e. The smallest absolute Gasteiger partial charge is 0.335 e. The summed E-state index contributed by atoms with van der Waals surface area (Å²) >= 11 is 0. The van der Waals surface area contributed by atoms with Gasteiger partial charge in [-0.2, -0.15) is 0 Å². The summed E-state index contributed by atoms with van der Waals surface area (Å²) < 4.78 is 5.32. The zero-order valence-corrected chi connectivity index (χ0v) is 13.4. The highest BCUT2D eigenvalue weighted by Gasteiger charge is 2.54. The lowest BCUT2D eigenvalue weighted by atomic mass is 9.84. The van der Waals surface area contributed by atoms with E-state index >= 15 is 0 Å². The van der Waals surface area contributed by atoms with Crippen molar-refractivity contribution in [3.05, 3.63) is 59.7 Å². The Balaban J connectivity index is 2.03. The van der Waals surface area contributed by atoms with Crippen molar-refractivity contribution in [2.24, 2.45) is 0 Å². The quantitative estimate of drug-likeness (QED) is 0.794. The van der Waals surface area contributed by atoms with Crippen LogP contribution in [0.2, 0.25) is 0 Å². The molecular weight excluding hydrogens is 286 g/mol. The normalized spacial score (nSPS) is 19.0. The third kappa shape index (κ3) is 1.89. The first-order valence-electron chi connectivity index (χ1n) is 8.33. The molecule has 118 valence electrons. The summed E-state index contributed by atoms with van der Waals surface area (Å²) in [4.78, 5) is 15.4. The van der Waals surface area contributed by atoms with Crippen LogP contribution in [0.15, 0.2) is 48.5 Å². The van der Waals surface area contributed by atoms with Crippen LogP contribution in [0.3, 0.4) is 0 Å². The summed E-state index contributed by atoms with van der Waals surface area (Å²) in [5.41, 5.74) is 3.64. The summed E-state index contributed by atoms with van der Waals surface area (Å²) in [6.07, 6.45) is 3.49. The van der Waals surface area contributed by atoms with Crippen molar-refractivity contribution in [1.29, 1.82) is 0 Å². The Morgan fingerprint density at radius 2 is 1.43 bits per heavy atom. The molecule has 0 N–H and O–H groups in total. The third-order valence-corrected chi connectivity index (χ3v) is 5.24. The minimum absolute atomic E-state index is 0.170. The molecule has 0 spiro atoms. The summed E-state index contributed by atoms with van der Waals surface area (Å²) in [7, 11) is 1.50.